The van der Waals surface area contributed by atoms with E-state index in [1.807, 2.05) is 91.1 Å². The second-order valence-electron chi connectivity index (χ2n) is 15.9. The SMILES string of the molecule is CN(Cc1cccc(-c2ccnc3c2CCCC3NCc2ccc(S(=O)(=O)N(Cc3ccccc3)CC3CC3)cc2)c1)S(=O)(=O)c1ccc(CNCc2ccccn2)cc1. The molecule has 0 amide bonds. The number of pyridine rings is 2. The van der Waals surface area contributed by atoms with Crippen LogP contribution in [0, 0.1) is 5.92 Å². The van der Waals surface area contributed by atoms with Crippen molar-refractivity contribution in [2.75, 3.05) is 13.6 Å². The van der Waals surface area contributed by atoms with Crippen molar-refractivity contribution in [1.82, 2.24) is 29.2 Å². The number of benzene rings is 4. The van der Waals surface area contributed by atoms with Crippen LogP contribution < -0.4 is 10.6 Å². The van der Waals surface area contributed by atoms with Gasteiger partial charge in [-0.3, -0.25) is 9.97 Å². The van der Waals surface area contributed by atoms with E-state index in [0.717, 1.165) is 76.9 Å². The molecule has 1 unspecified atom stereocenters. The predicted molar refractivity (Wildman–Crippen MR) is 235 cm³/mol. The summed E-state index contributed by atoms with van der Waals surface area (Å²) in [6, 6.07) is 40.1. The summed E-state index contributed by atoms with van der Waals surface area (Å²) >= 11 is 0. The maximum atomic E-state index is 13.8. The maximum absolute atomic E-state index is 13.8. The molecule has 2 N–H and O–H groups in total. The zero-order valence-corrected chi connectivity index (χ0v) is 35.6. The number of fused-ring (bicyclic) bond motifs is 1. The molecule has 0 bridgehead atoms. The molecule has 1 atom stereocenters. The Bertz CT molecular complexity index is 2590. The van der Waals surface area contributed by atoms with Crippen LogP contribution in [0.5, 0.6) is 0 Å². The highest BCUT2D eigenvalue weighted by atomic mass is 32.2. The molecule has 0 radical (unpaired) electrons. The fourth-order valence-electron chi connectivity index (χ4n) is 7.93. The van der Waals surface area contributed by atoms with Gasteiger partial charge >= 0.3 is 0 Å². The van der Waals surface area contributed by atoms with Gasteiger partial charge in [0.2, 0.25) is 20.0 Å². The van der Waals surface area contributed by atoms with Crippen molar-refractivity contribution < 1.29 is 16.8 Å². The lowest BCUT2D eigenvalue weighted by molar-refractivity contribution is 0.391. The van der Waals surface area contributed by atoms with Crippen molar-refractivity contribution in [3.05, 3.63) is 179 Å². The van der Waals surface area contributed by atoms with Gasteiger partial charge in [-0.15, -0.1) is 0 Å². The van der Waals surface area contributed by atoms with Gasteiger partial charge in [0, 0.05) is 58.7 Å². The van der Waals surface area contributed by atoms with Gasteiger partial charge in [0.1, 0.15) is 0 Å². The summed E-state index contributed by atoms with van der Waals surface area (Å²) in [6.07, 6.45) is 8.62. The lowest BCUT2D eigenvalue weighted by Gasteiger charge is -2.27. The van der Waals surface area contributed by atoms with E-state index >= 15 is 0 Å². The van der Waals surface area contributed by atoms with Crippen LogP contribution >= 0.6 is 0 Å². The molecule has 2 aromatic heterocycles. The molecule has 4 aromatic carbocycles. The van der Waals surface area contributed by atoms with Gasteiger partial charge in [0.25, 0.3) is 0 Å². The summed E-state index contributed by atoms with van der Waals surface area (Å²) < 4.78 is 57.9. The standard InChI is InChI=1S/C48H52N6O4S2/c1-53(59(55,56)43-22-18-36(19-23-43)30-49-32-42-13-5-6-27-50-42)33-40-11-7-12-41(29-40)45-26-28-51-48-46(45)14-8-15-47(48)52-31-37-20-24-44(25-21-37)60(57,58)54(35-39-16-17-39)34-38-9-3-2-4-10-38/h2-7,9-13,18-29,39,47,49,52H,8,14-17,30-35H2,1H3. The first-order valence-corrected chi connectivity index (χ1v) is 23.6. The highest BCUT2D eigenvalue weighted by Crippen LogP contribution is 2.36. The van der Waals surface area contributed by atoms with Gasteiger partial charge in [-0.1, -0.05) is 78.9 Å². The molecule has 310 valence electrons. The molecule has 1 saturated carbocycles. The highest BCUT2D eigenvalue weighted by molar-refractivity contribution is 7.89. The molecule has 2 heterocycles. The lowest BCUT2D eigenvalue weighted by Crippen LogP contribution is -2.32. The van der Waals surface area contributed by atoms with Crippen molar-refractivity contribution in [1.29, 1.82) is 0 Å². The fourth-order valence-corrected chi connectivity index (χ4v) is 10.6. The van der Waals surface area contributed by atoms with Crippen LogP contribution in [0.2, 0.25) is 0 Å². The minimum Gasteiger partial charge on any atom is -0.307 e. The minimum atomic E-state index is -3.72. The van der Waals surface area contributed by atoms with Crippen LogP contribution in [0.3, 0.4) is 0 Å². The van der Waals surface area contributed by atoms with Crippen molar-refractivity contribution in [2.24, 2.45) is 5.92 Å². The summed E-state index contributed by atoms with van der Waals surface area (Å²) in [5.41, 5.74) is 9.18. The summed E-state index contributed by atoms with van der Waals surface area (Å²) in [7, 11) is -5.75. The van der Waals surface area contributed by atoms with Gasteiger partial charge < -0.3 is 10.6 Å². The molecule has 2 aliphatic carbocycles. The zero-order valence-electron chi connectivity index (χ0n) is 34.0. The maximum Gasteiger partial charge on any atom is 0.243 e. The van der Waals surface area contributed by atoms with E-state index in [1.165, 1.54) is 9.87 Å². The molecule has 2 aliphatic rings. The van der Waals surface area contributed by atoms with E-state index < -0.39 is 20.0 Å². The number of nitrogens with one attached hydrogen (secondary N) is 2. The first-order chi connectivity index (χ1) is 29.1. The van der Waals surface area contributed by atoms with E-state index in [0.29, 0.717) is 43.5 Å². The Morgan fingerprint density at radius 1 is 0.633 bits per heavy atom. The minimum absolute atomic E-state index is 0.0412. The molecule has 0 spiro atoms. The average Bonchev–Trinajstić information content (AvgIpc) is 4.11. The summed E-state index contributed by atoms with van der Waals surface area (Å²) in [5.74, 6) is 0.432. The smallest absolute Gasteiger partial charge is 0.243 e. The summed E-state index contributed by atoms with van der Waals surface area (Å²) in [5, 5.41) is 7.06. The molecule has 12 heteroatoms. The Morgan fingerprint density at radius 2 is 1.33 bits per heavy atom. The second-order valence-corrected chi connectivity index (χ2v) is 19.9. The van der Waals surface area contributed by atoms with Crippen LogP contribution in [-0.4, -0.2) is 49.0 Å². The first-order valence-electron chi connectivity index (χ1n) is 20.7. The second kappa shape index (κ2) is 18.7. The van der Waals surface area contributed by atoms with Gasteiger partial charge in [-0.25, -0.2) is 16.8 Å². The third-order valence-electron chi connectivity index (χ3n) is 11.4. The van der Waals surface area contributed by atoms with Crippen LogP contribution in [0.4, 0.5) is 0 Å². The molecular weight excluding hydrogens is 789 g/mol. The Balaban J connectivity index is 0.900. The summed E-state index contributed by atoms with van der Waals surface area (Å²) in [4.78, 5) is 9.76. The van der Waals surface area contributed by atoms with E-state index in [9.17, 15) is 16.8 Å². The predicted octanol–water partition coefficient (Wildman–Crippen LogP) is 8.02. The van der Waals surface area contributed by atoms with Crippen LogP contribution in [0.1, 0.15) is 70.9 Å². The largest absolute Gasteiger partial charge is 0.307 e. The zero-order chi connectivity index (χ0) is 41.5. The third kappa shape index (κ3) is 10.1. The van der Waals surface area contributed by atoms with Crippen LogP contribution in [0.15, 0.2) is 150 Å². The molecule has 6 aromatic rings. The average molecular weight is 841 g/mol. The number of sulfonamides is 2. The molecule has 60 heavy (non-hydrogen) atoms. The van der Waals surface area contributed by atoms with Crippen molar-refractivity contribution in [3.63, 3.8) is 0 Å². The molecule has 0 aliphatic heterocycles. The molecule has 8 rings (SSSR count). The third-order valence-corrected chi connectivity index (χ3v) is 15.1. The lowest BCUT2D eigenvalue weighted by atomic mass is 9.86. The fraction of sp³-hybridized carbons (Fsp3) is 0.292. The highest BCUT2D eigenvalue weighted by Gasteiger charge is 2.32. The molecule has 10 nitrogen and oxygen atoms in total. The van der Waals surface area contributed by atoms with E-state index in [-0.39, 0.29) is 17.5 Å². The van der Waals surface area contributed by atoms with Crippen molar-refractivity contribution >= 4 is 20.0 Å². The van der Waals surface area contributed by atoms with E-state index in [2.05, 4.69) is 33.8 Å². The van der Waals surface area contributed by atoms with Crippen LogP contribution in [0.25, 0.3) is 11.1 Å². The first kappa shape index (κ1) is 41.6. The molecular formula is C48H52N6O4S2. The monoisotopic (exact) mass is 840 g/mol. The van der Waals surface area contributed by atoms with E-state index in [1.54, 1.807) is 41.8 Å². The number of nitrogens with zero attached hydrogens (tertiary/aromatic N) is 4. The molecule has 0 saturated heterocycles. The Labute approximate surface area is 354 Å². The van der Waals surface area contributed by atoms with Crippen molar-refractivity contribution in [3.8, 4) is 11.1 Å². The van der Waals surface area contributed by atoms with Gasteiger partial charge in [-0.2, -0.15) is 8.61 Å². The van der Waals surface area contributed by atoms with Crippen LogP contribution in [-0.2, 0) is 59.2 Å². The topological polar surface area (TPSA) is 125 Å². The van der Waals surface area contributed by atoms with Gasteiger partial charge in [0.05, 0.1) is 27.2 Å². The Hall–Kier alpha value is -5.08. The Kier molecular flexibility index (Phi) is 13.0. The normalized spacial score (nSPS) is 15.6. The van der Waals surface area contributed by atoms with Crippen molar-refractivity contribution in [2.45, 2.75) is 80.7 Å². The number of aromatic nitrogens is 2. The quantitative estimate of drug-likeness (QED) is 0.0893. The number of hydrogen-bond acceptors (Lipinski definition) is 8. The summed E-state index contributed by atoms with van der Waals surface area (Å²) in [6.45, 7) is 2.95. The Morgan fingerprint density at radius 3 is 2.05 bits per heavy atom. The van der Waals surface area contributed by atoms with Gasteiger partial charge in [-0.05, 0) is 125 Å². The number of hydrogen-bond donors (Lipinski definition) is 2. The number of rotatable bonds is 18. The molecule has 1 fully saturated rings. The van der Waals surface area contributed by atoms with Gasteiger partial charge in [0.15, 0.2) is 0 Å². The van der Waals surface area contributed by atoms with E-state index in [4.69, 9.17) is 4.98 Å².